The summed E-state index contributed by atoms with van der Waals surface area (Å²) in [6.07, 6.45) is 5.77. The minimum absolute atomic E-state index is 0.0369. The number of thiophene rings is 1. The number of aliphatic hydroxyl groups is 1. The lowest BCUT2D eigenvalue weighted by atomic mass is 9.70. The number of H-pyrrole nitrogens is 1. The van der Waals surface area contributed by atoms with E-state index in [1.54, 1.807) is 25.4 Å². The summed E-state index contributed by atoms with van der Waals surface area (Å²) in [5.74, 6) is 0.801. The fourth-order valence-electron chi connectivity index (χ4n) is 7.03. The van der Waals surface area contributed by atoms with Gasteiger partial charge in [-0.1, -0.05) is 6.42 Å². The standard InChI is InChI=1S/C30H31F2N7O2S/c1-15-9-20-19(10-34-38-20)22(21(15)26(31)32)24-25-18(5-8-33-24)23-27(39-11-16-3-4-17(12-39)35-16)36-29(37-28(23)42-25)41-14-30(13-40)6-2-7-30/h5,8-10,16-17,26,35,40H,2-4,6-7,11-14H2,1H3,(H,34,38)/t16-,17+. The number of aromatic nitrogens is 5. The number of hydrogen-bond donors (Lipinski definition) is 3. The van der Waals surface area contributed by atoms with E-state index in [1.807, 2.05) is 6.07 Å². The van der Waals surface area contributed by atoms with Crippen molar-refractivity contribution < 1.29 is 18.6 Å². The van der Waals surface area contributed by atoms with Gasteiger partial charge in [-0.3, -0.25) is 10.1 Å². The van der Waals surface area contributed by atoms with Crippen LogP contribution in [0.25, 0.3) is 42.5 Å². The molecule has 12 heteroatoms. The number of ether oxygens (including phenoxy) is 1. The summed E-state index contributed by atoms with van der Waals surface area (Å²) in [7, 11) is 0. The lowest BCUT2D eigenvalue weighted by Gasteiger charge is -2.39. The molecule has 1 saturated carbocycles. The van der Waals surface area contributed by atoms with Gasteiger partial charge in [-0.2, -0.15) is 15.1 Å². The van der Waals surface area contributed by atoms with Gasteiger partial charge in [0, 0.05) is 58.7 Å². The van der Waals surface area contributed by atoms with Gasteiger partial charge in [-0.05, 0) is 50.3 Å². The van der Waals surface area contributed by atoms with Gasteiger partial charge in [0.2, 0.25) is 0 Å². The lowest BCUT2D eigenvalue weighted by Crippen LogP contribution is -2.51. The molecule has 0 spiro atoms. The Labute approximate surface area is 244 Å². The van der Waals surface area contributed by atoms with Gasteiger partial charge in [0.05, 0.1) is 40.7 Å². The third-order valence-electron chi connectivity index (χ3n) is 9.43. The van der Waals surface area contributed by atoms with E-state index in [2.05, 4.69) is 25.4 Å². The lowest BCUT2D eigenvalue weighted by molar-refractivity contribution is -0.00261. The third-order valence-corrected chi connectivity index (χ3v) is 10.5. The highest BCUT2D eigenvalue weighted by molar-refractivity contribution is 7.26. The zero-order valence-electron chi connectivity index (χ0n) is 23.2. The maximum atomic E-state index is 14.6. The first-order chi connectivity index (χ1) is 20.4. The van der Waals surface area contributed by atoms with E-state index in [1.165, 1.54) is 11.3 Å². The number of aryl methyl sites for hydroxylation is 1. The van der Waals surface area contributed by atoms with Crippen LogP contribution in [-0.2, 0) is 0 Å². The molecular weight excluding hydrogens is 560 g/mol. The first-order valence-electron chi connectivity index (χ1n) is 14.5. The van der Waals surface area contributed by atoms with Gasteiger partial charge >= 0.3 is 6.01 Å². The summed E-state index contributed by atoms with van der Waals surface area (Å²) < 4.78 is 36.1. The fraction of sp³-hybridized carbons (Fsp3) is 0.467. The molecule has 1 aliphatic carbocycles. The van der Waals surface area contributed by atoms with Gasteiger partial charge in [-0.15, -0.1) is 11.3 Å². The summed E-state index contributed by atoms with van der Waals surface area (Å²) in [4.78, 5) is 17.6. The van der Waals surface area contributed by atoms with E-state index in [9.17, 15) is 13.9 Å². The Kier molecular flexibility index (Phi) is 6.10. The van der Waals surface area contributed by atoms with Crippen LogP contribution in [0.2, 0.25) is 0 Å². The maximum absolute atomic E-state index is 14.6. The number of rotatable bonds is 7. The third kappa shape index (κ3) is 4.06. The molecule has 0 amide bonds. The molecule has 218 valence electrons. The number of aromatic amines is 1. The number of pyridine rings is 1. The van der Waals surface area contributed by atoms with E-state index in [0.29, 0.717) is 46.4 Å². The molecule has 9 nitrogen and oxygen atoms in total. The molecule has 6 heterocycles. The highest BCUT2D eigenvalue weighted by Gasteiger charge is 2.38. The number of hydrogen-bond acceptors (Lipinski definition) is 9. The molecule has 2 aliphatic heterocycles. The quantitative estimate of drug-likeness (QED) is 0.227. The average molecular weight is 592 g/mol. The largest absolute Gasteiger partial charge is 0.463 e. The molecule has 4 aromatic heterocycles. The number of nitrogens with one attached hydrogen (secondary N) is 2. The Bertz CT molecular complexity index is 1820. The molecule has 42 heavy (non-hydrogen) atoms. The number of benzene rings is 1. The van der Waals surface area contributed by atoms with Gasteiger partial charge in [0.15, 0.2) is 0 Å². The zero-order chi connectivity index (χ0) is 28.6. The average Bonchev–Trinajstić information content (AvgIpc) is 3.67. The van der Waals surface area contributed by atoms with Crippen LogP contribution >= 0.6 is 11.3 Å². The van der Waals surface area contributed by atoms with Crippen molar-refractivity contribution in [2.75, 3.05) is 31.2 Å². The minimum atomic E-state index is -2.68. The van der Waals surface area contributed by atoms with Crippen LogP contribution in [0.5, 0.6) is 6.01 Å². The second-order valence-electron chi connectivity index (χ2n) is 12.1. The fourth-order valence-corrected chi connectivity index (χ4v) is 8.18. The Morgan fingerprint density at radius 3 is 2.71 bits per heavy atom. The Balaban J connectivity index is 1.34. The number of aliphatic hydroxyl groups excluding tert-OH is 1. The van der Waals surface area contributed by atoms with Crippen molar-refractivity contribution in [1.29, 1.82) is 0 Å². The highest BCUT2D eigenvalue weighted by atomic mass is 32.1. The van der Waals surface area contributed by atoms with E-state index in [0.717, 1.165) is 71.3 Å². The Hall–Kier alpha value is -3.48. The number of nitrogens with zero attached hydrogens (tertiary/aromatic N) is 5. The van der Waals surface area contributed by atoms with E-state index < -0.39 is 6.43 Å². The van der Waals surface area contributed by atoms with Crippen LogP contribution in [0.3, 0.4) is 0 Å². The van der Waals surface area contributed by atoms with Crippen LogP contribution < -0.4 is 15.0 Å². The van der Waals surface area contributed by atoms with Crippen LogP contribution in [0.15, 0.2) is 24.5 Å². The number of halogens is 2. The summed E-state index contributed by atoms with van der Waals surface area (Å²) in [5, 5.41) is 23.1. The number of piperazine rings is 1. The maximum Gasteiger partial charge on any atom is 0.319 e. The molecule has 0 unspecified atom stereocenters. The number of fused-ring (bicyclic) bond motifs is 6. The summed E-state index contributed by atoms with van der Waals surface area (Å²) in [6.45, 7) is 3.77. The summed E-state index contributed by atoms with van der Waals surface area (Å²) in [6, 6.07) is 4.71. The van der Waals surface area contributed by atoms with Gasteiger partial charge in [0.1, 0.15) is 10.6 Å². The molecule has 1 aromatic carbocycles. The molecule has 2 saturated heterocycles. The molecule has 2 atom stereocenters. The minimum Gasteiger partial charge on any atom is -0.463 e. The highest BCUT2D eigenvalue weighted by Crippen LogP contribution is 2.47. The number of alkyl halides is 2. The van der Waals surface area contributed by atoms with Crippen molar-refractivity contribution in [1.82, 2.24) is 30.5 Å². The predicted molar refractivity (Wildman–Crippen MR) is 159 cm³/mol. The predicted octanol–water partition coefficient (Wildman–Crippen LogP) is 5.51. The molecule has 0 radical (unpaired) electrons. The molecule has 8 rings (SSSR count). The Morgan fingerprint density at radius 1 is 1.19 bits per heavy atom. The molecular formula is C30H31F2N7O2S. The zero-order valence-corrected chi connectivity index (χ0v) is 24.0. The summed E-state index contributed by atoms with van der Waals surface area (Å²) >= 11 is 1.43. The molecule has 3 fully saturated rings. The first kappa shape index (κ1) is 26.2. The van der Waals surface area contributed by atoms with E-state index in [-0.39, 0.29) is 23.6 Å². The van der Waals surface area contributed by atoms with E-state index in [4.69, 9.17) is 14.7 Å². The van der Waals surface area contributed by atoms with Gasteiger partial charge in [0.25, 0.3) is 6.43 Å². The Morgan fingerprint density at radius 2 is 2.00 bits per heavy atom. The van der Waals surface area contributed by atoms with Crippen molar-refractivity contribution in [2.45, 2.75) is 57.5 Å². The van der Waals surface area contributed by atoms with Crippen molar-refractivity contribution in [2.24, 2.45) is 5.41 Å². The SMILES string of the molecule is Cc1cc2[nH]ncc2c(-c2nccc3c2sc2nc(OCC4(CO)CCC4)nc(N4C[C@H]5CC[C@@H](C4)N5)c23)c1C(F)F. The smallest absolute Gasteiger partial charge is 0.319 e. The van der Waals surface area contributed by atoms with Crippen molar-refractivity contribution in [3.05, 3.63) is 35.7 Å². The van der Waals surface area contributed by atoms with Crippen LogP contribution in [0.1, 0.15) is 49.7 Å². The molecule has 5 aromatic rings. The van der Waals surface area contributed by atoms with Crippen molar-refractivity contribution >= 4 is 48.4 Å². The molecule has 3 N–H and O–H groups in total. The van der Waals surface area contributed by atoms with Crippen molar-refractivity contribution in [3.63, 3.8) is 0 Å². The monoisotopic (exact) mass is 591 g/mol. The van der Waals surface area contributed by atoms with Crippen LogP contribution in [-0.4, -0.2) is 68.6 Å². The summed E-state index contributed by atoms with van der Waals surface area (Å²) in [5.41, 5.74) is 1.78. The second-order valence-corrected chi connectivity index (χ2v) is 13.1. The number of anilines is 1. The first-order valence-corrected chi connectivity index (χ1v) is 15.3. The van der Waals surface area contributed by atoms with E-state index >= 15 is 0 Å². The van der Waals surface area contributed by atoms with Gasteiger partial charge < -0.3 is 20.1 Å². The molecule has 3 aliphatic rings. The normalized spacial score (nSPS) is 21.6. The van der Waals surface area contributed by atoms with Crippen LogP contribution in [0.4, 0.5) is 14.6 Å². The topological polar surface area (TPSA) is 112 Å². The van der Waals surface area contributed by atoms with Crippen LogP contribution in [0, 0.1) is 12.3 Å². The molecule has 2 bridgehead atoms. The van der Waals surface area contributed by atoms with Gasteiger partial charge in [-0.25, -0.2) is 8.78 Å². The second kappa shape index (κ2) is 9.78. The van der Waals surface area contributed by atoms with Crippen molar-refractivity contribution in [3.8, 4) is 17.3 Å².